The molecular weight excluding hydrogens is 396 g/mol. The first-order valence-corrected chi connectivity index (χ1v) is 12.5. The van der Waals surface area contributed by atoms with Crippen molar-refractivity contribution in [3.63, 3.8) is 0 Å². The van der Waals surface area contributed by atoms with E-state index in [0.29, 0.717) is 11.4 Å². The van der Waals surface area contributed by atoms with Crippen LogP contribution in [0.3, 0.4) is 0 Å². The van der Waals surface area contributed by atoms with Gasteiger partial charge in [0, 0.05) is 17.4 Å². The second kappa shape index (κ2) is 9.31. The molecular formula is C20H28N2O4S2. The number of rotatable bonds is 5. The first kappa shape index (κ1) is 21.2. The van der Waals surface area contributed by atoms with Crippen LogP contribution in [-0.2, 0) is 19.4 Å². The monoisotopic (exact) mass is 424 g/mol. The molecule has 1 heterocycles. The van der Waals surface area contributed by atoms with Crippen LogP contribution in [-0.4, -0.2) is 37.3 Å². The quantitative estimate of drug-likeness (QED) is 0.755. The zero-order valence-electron chi connectivity index (χ0n) is 16.2. The third-order valence-electron chi connectivity index (χ3n) is 5.39. The Hall–Kier alpha value is -1.54. The number of nitrogens with one attached hydrogen (secondary N) is 2. The predicted octanol–water partition coefficient (Wildman–Crippen LogP) is 3.51. The van der Waals surface area contributed by atoms with Crippen LogP contribution in [0.25, 0.3) is 0 Å². The summed E-state index contributed by atoms with van der Waals surface area (Å²) in [5.41, 5.74) is 0.522. The van der Waals surface area contributed by atoms with Crippen LogP contribution >= 0.6 is 11.8 Å². The molecule has 2 N–H and O–H groups in total. The van der Waals surface area contributed by atoms with Gasteiger partial charge in [-0.15, -0.1) is 11.8 Å². The zero-order valence-corrected chi connectivity index (χ0v) is 17.8. The van der Waals surface area contributed by atoms with Crippen molar-refractivity contribution < 1.29 is 18.0 Å². The Bertz CT molecular complexity index is 831. The van der Waals surface area contributed by atoms with E-state index in [1.807, 2.05) is 0 Å². The van der Waals surface area contributed by atoms with Gasteiger partial charge in [0.05, 0.1) is 21.6 Å². The maximum atomic E-state index is 12.9. The van der Waals surface area contributed by atoms with E-state index in [9.17, 15) is 18.0 Å². The molecule has 8 heteroatoms. The van der Waals surface area contributed by atoms with Crippen LogP contribution in [0.15, 0.2) is 28.0 Å². The van der Waals surface area contributed by atoms with Crippen LogP contribution in [0.4, 0.5) is 5.69 Å². The predicted molar refractivity (Wildman–Crippen MR) is 111 cm³/mol. The zero-order chi connectivity index (χ0) is 20.1. The van der Waals surface area contributed by atoms with E-state index in [1.165, 1.54) is 37.1 Å². The molecule has 1 atom stereocenters. The van der Waals surface area contributed by atoms with E-state index in [0.717, 1.165) is 30.6 Å². The summed E-state index contributed by atoms with van der Waals surface area (Å²) in [5.74, 6) is -0.0150. The molecule has 1 aromatic carbocycles. The molecule has 1 aliphatic heterocycles. The summed E-state index contributed by atoms with van der Waals surface area (Å²) in [4.78, 5) is 25.0. The van der Waals surface area contributed by atoms with Crippen LogP contribution in [0, 0.1) is 0 Å². The third-order valence-corrected chi connectivity index (χ3v) is 8.60. The van der Waals surface area contributed by atoms with Gasteiger partial charge in [0.1, 0.15) is 0 Å². The number of hydrogen-bond donors (Lipinski definition) is 2. The molecule has 2 amide bonds. The van der Waals surface area contributed by atoms with E-state index in [4.69, 9.17) is 0 Å². The maximum Gasteiger partial charge on any atom is 0.234 e. The lowest BCUT2D eigenvalue weighted by molar-refractivity contribution is -0.122. The second-order valence-corrected chi connectivity index (χ2v) is 11.0. The number of carbonyl (C=O) groups is 2. The Morgan fingerprint density at radius 3 is 2.61 bits per heavy atom. The smallest absolute Gasteiger partial charge is 0.234 e. The average molecular weight is 425 g/mol. The van der Waals surface area contributed by atoms with Gasteiger partial charge in [-0.1, -0.05) is 32.1 Å². The van der Waals surface area contributed by atoms with Crippen molar-refractivity contribution >= 4 is 39.1 Å². The van der Waals surface area contributed by atoms with Gasteiger partial charge < -0.3 is 10.6 Å². The Morgan fingerprint density at radius 2 is 1.89 bits per heavy atom. The van der Waals surface area contributed by atoms with E-state index in [1.54, 1.807) is 19.1 Å². The molecule has 0 saturated heterocycles. The van der Waals surface area contributed by atoms with Crippen molar-refractivity contribution in [3.8, 4) is 0 Å². The Morgan fingerprint density at radius 1 is 1.21 bits per heavy atom. The van der Waals surface area contributed by atoms with Gasteiger partial charge in [-0.2, -0.15) is 0 Å². The largest absolute Gasteiger partial charge is 0.353 e. The third kappa shape index (κ3) is 5.29. The van der Waals surface area contributed by atoms with Gasteiger partial charge in [-0.25, -0.2) is 8.42 Å². The van der Waals surface area contributed by atoms with Crippen LogP contribution in [0.5, 0.6) is 0 Å². The van der Waals surface area contributed by atoms with Crippen molar-refractivity contribution in [1.82, 2.24) is 5.32 Å². The fourth-order valence-electron chi connectivity index (χ4n) is 3.73. The minimum atomic E-state index is -3.66. The highest BCUT2D eigenvalue weighted by Gasteiger charge is 2.28. The lowest BCUT2D eigenvalue weighted by Crippen LogP contribution is -2.37. The van der Waals surface area contributed by atoms with E-state index >= 15 is 0 Å². The van der Waals surface area contributed by atoms with Crippen molar-refractivity contribution in [2.75, 3.05) is 11.1 Å². The van der Waals surface area contributed by atoms with Gasteiger partial charge in [0.2, 0.25) is 11.8 Å². The number of sulfone groups is 1. The number of amides is 2. The summed E-state index contributed by atoms with van der Waals surface area (Å²) in [7, 11) is -3.66. The van der Waals surface area contributed by atoms with E-state index in [2.05, 4.69) is 10.6 Å². The summed E-state index contributed by atoms with van der Waals surface area (Å²) in [6.45, 7) is 1.57. The highest BCUT2D eigenvalue weighted by atomic mass is 32.2. The van der Waals surface area contributed by atoms with Gasteiger partial charge in [-0.05, 0) is 38.0 Å². The molecule has 1 aromatic rings. The highest BCUT2D eigenvalue weighted by molar-refractivity contribution is 8.00. The topological polar surface area (TPSA) is 92.3 Å². The first-order valence-electron chi connectivity index (χ1n) is 9.96. The fourth-order valence-corrected chi connectivity index (χ4v) is 5.89. The lowest BCUT2D eigenvalue weighted by Gasteiger charge is -2.22. The number of anilines is 1. The number of hydrogen-bond acceptors (Lipinski definition) is 5. The second-order valence-electron chi connectivity index (χ2n) is 7.66. The molecule has 6 nitrogen and oxygen atoms in total. The first-order chi connectivity index (χ1) is 13.4. The highest BCUT2D eigenvalue weighted by Crippen LogP contribution is 2.34. The standard InChI is InChI=1S/C20H28N2O4S2/c1-14(11-19(23)21-15-7-5-3-2-4-6-8-15)28(25,26)16-9-10-18-17(12-16)22-20(24)13-27-18/h9-10,12,14-15H,2-8,11,13H2,1H3,(H,21,23)(H,22,24)/t14-/m0/s1. The van der Waals surface area contributed by atoms with Crippen LogP contribution < -0.4 is 10.6 Å². The minimum absolute atomic E-state index is 0.0585. The maximum absolute atomic E-state index is 12.9. The number of carbonyl (C=O) groups excluding carboxylic acids is 2. The molecule has 0 unspecified atom stereocenters. The average Bonchev–Trinajstić information content (AvgIpc) is 2.63. The van der Waals surface area contributed by atoms with Gasteiger partial charge in [0.25, 0.3) is 0 Å². The molecule has 0 aromatic heterocycles. The molecule has 0 spiro atoms. The van der Waals surface area contributed by atoms with Crippen LogP contribution in [0.1, 0.15) is 58.3 Å². The molecule has 154 valence electrons. The molecule has 1 fully saturated rings. The minimum Gasteiger partial charge on any atom is -0.353 e. The fraction of sp³-hybridized carbons (Fsp3) is 0.600. The number of thioether (sulfide) groups is 1. The Labute approximate surface area is 171 Å². The van der Waals surface area contributed by atoms with Crippen LogP contribution in [0.2, 0.25) is 0 Å². The normalized spacial score (nSPS) is 19.7. The molecule has 3 rings (SSSR count). The number of benzene rings is 1. The summed E-state index contributed by atoms with van der Waals surface area (Å²) >= 11 is 1.39. The molecule has 28 heavy (non-hydrogen) atoms. The van der Waals surface area contributed by atoms with Gasteiger partial charge in [0.15, 0.2) is 9.84 Å². The Kier molecular flexibility index (Phi) is 7.04. The summed E-state index contributed by atoms with van der Waals surface area (Å²) < 4.78 is 25.9. The van der Waals surface area contributed by atoms with E-state index in [-0.39, 0.29) is 29.2 Å². The molecule has 1 saturated carbocycles. The molecule has 1 aliphatic carbocycles. The van der Waals surface area contributed by atoms with Crippen molar-refractivity contribution in [1.29, 1.82) is 0 Å². The SMILES string of the molecule is C[C@@H](CC(=O)NC1CCCCCCC1)S(=O)(=O)c1ccc2c(c1)NC(=O)CS2. The van der Waals surface area contributed by atoms with Gasteiger partial charge in [-0.3, -0.25) is 9.59 Å². The van der Waals surface area contributed by atoms with E-state index < -0.39 is 15.1 Å². The molecule has 0 radical (unpaired) electrons. The lowest BCUT2D eigenvalue weighted by atomic mass is 9.96. The van der Waals surface area contributed by atoms with Gasteiger partial charge >= 0.3 is 0 Å². The summed E-state index contributed by atoms with van der Waals surface area (Å²) in [5, 5.41) is 4.92. The number of fused-ring (bicyclic) bond motifs is 1. The Balaban J connectivity index is 1.64. The summed E-state index contributed by atoms with van der Waals surface area (Å²) in [6, 6.07) is 4.92. The molecule has 0 bridgehead atoms. The van der Waals surface area contributed by atoms with Crippen molar-refractivity contribution in [2.45, 2.75) is 79.4 Å². The van der Waals surface area contributed by atoms with Crippen molar-refractivity contribution in [3.05, 3.63) is 18.2 Å². The molecule has 2 aliphatic rings. The van der Waals surface area contributed by atoms with Crippen molar-refractivity contribution in [2.24, 2.45) is 0 Å². The summed E-state index contributed by atoms with van der Waals surface area (Å²) in [6.07, 6.45) is 7.75.